The smallest absolute Gasteiger partial charge is 0.344 e. The van der Waals surface area contributed by atoms with Gasteiger partial charge in [0.05, 0.1) is 0 Å². The SMILES string of the molecule is Cc1c(C(=O)NN2C(=O)N[C@@](C)(CCc3ccccc3)C2=O)[nH]c2c1C(=O)CC(C)(C)C2. The van der Waals surface area contributed by atoms with Crippen molar-refractivity contribution < 1.29 is 19.2 Å². The van der Waals surface area contributed by atoms with Gasteiger partial charge in [0.2, 0.25) is 0 Å². The normalized spacial score (nSPS) is 22.0. The fraction of sp³-hybridized carbons (Fsp3) is 0.417. The number of nitrogens with zero attached hydrogens (tertiary/aromatic N) is 1. The fourth-order valence-electron chi connectivity index (χ4n) is 4.61. The second-order valence-corrected chi connectivity index (χ2v) is 9.75. The second-order valence-electron chi connectivity index (χ2n) is 9.75. The van der Waals surface area contributed by atoms with Crippen LogP contribution in [0.5, 0.6) is 0 Å². The number of hydrazine groups is 1. The highest BCUT2D eigenvalue weighted by molar-refractivity contribution is 6.10. The average Bonchev–Trinajstić information content (AvgIpc) is 3.15. The monoisotopic (exact) mass is 436 g/mol. The minimum Gasteiger partial charge on any atom is -0.353 e. The molecule has 32 heavy (non-hydrogen) atoms. The molecule has 1 fully saturated rings. The van der Waals surface area contributed by atoms with Crippen LogP contribution in [0.2, 0.25) is 0 Å². The van der Waals surface area contributed by atoms with Crippen molar-refractivity contribution in [3.63, 3.8) is 0 Å². The number of fused-ring (bicyclic) bond motifs is 1. The minimum absolute atomic E-state index is 0.00692. The Labute approximate surface area is 186 Å². The Hall–Kier alpha value is -3.42. The first-order chi connectivity index (χ1) is 15.0. The van der Waals surface area contributed by atoms with Crippen molar-refractivity contribution in [3.05, 3.63) is 58.4 Å². The number of aryl methyl sites for hydroxylation is 1. The predicted molar refractivity (Wildman–Crippen MR) is 118 cm³/mol. The van der Waals surface area contributed by atoms with Crippen LogP contribution in [0, 0.1) is 12.3 Å². The van der Waals surface area contributed by atoms with Gasteiger partial charge in [-0.3, -0.25) is 19.8 Å². The lowest BCUT2D eigenvalue weighted by Crippen LogP contribution is -2.49. The number of Topliss-reactive ketones (excluding diaryl/α,β-unsaturated/α-hetero) is 1. The number of imide groups is 1. The standard InChI is InChI=1S/C24H28N4O4/c1-14-18-16(12-23(2,3)13-17(18)29)25-19(14)20(30)27-28-21(31)24(4,26-22(28)32)11-10-15-8-6-5-7-9-15/h5-9,25H,10-13H2,1-4H3,(H,26,32)(H,27,30)/t24-/m0/s1. The summed E-state index contributed by atoms with van der Waals surface area (Å²) in [4.78, 5) is 54.1. The van der Waals surface area contributed by atoms with E-state index in [-0.39, 0.29) is 16.9 Å². The summed E-state index contributed by atoms with van der Waals surface area (Å²) < 4.78 is 0. The van der Waals surface area contributed by atoms with Crippen LogP contribution in [-0.2, 0) is 17.6 Å². The molecular formula is C24H28N4O4. The molecule has 2 aromatic rings. The lowest BCUT2D eigenvalue weighted by atomic mass is 9.75. The summed E-state index contributed by atoms with van der Waals surface area (Å²) >= 11 is 0. The first-order valence-electron chi connectivity index (χ1n) is 10.8. The van der Waals surface area contributed by atoms with Crippen LogP contribution >= 0.6 is 0 Å². The Morgan fingerprint density at radius 3 is 2.47 bits per heavy atom. The highest BCUT2D eigenvalue weighted by atomic mass is 16.2. The van der Waals surface area contributed by atoms with E-state index < -0.39 is 23.4 Å². The van der Waals surface area contributed by atoms with Crippen LogP contribution in [0.3, 0.4) is 0 Å². The number of hydrogen-bond acceptors (Lipinski definition) is 4. The number of urea groups is 1. The number of carbonyl (C=O) groups is 4. The molecule has 1 aromatic carbocycles. The summed E-state index contributed by atoms with van der Waals surface area (Å²) in [6, 6.07) is 9.00. The maximum absolute atomic E-state index is 13.0. The zero-order valence-corrected chi connectivity index (χ0v) is 18.8. The van der Waals surface area contributed by atoms with Crippen LogP contribution in [0.4, 0.5) is 4.79 Å². The van der Waals surface area contributed by atoms with Gasteiger partial charge < -0.3 is 10.3 Å². The summed E-state index contributed by atoms with van der Waals surface area (Å²) in [5, 5.41) is 3.43. The molecule has 8 nitrogen and oxygen atoms in total. The fourth-order valence-corrected chi connectivity index (χ4v) is 4.61. The van der Waals surface area contributed by atoms with Gasteiger partial charge in [0, 0.05) is 17.7 Å². The molecule has 168 valence electrons. The molecule has 0 bridgehead atoms. The molecule has 2 aliphatic rings. The van der Waals surface area contributed by atoms with Crippen molar-refractivity contribution in [3.8, 4) is 0 Å². The number of H-pyrrole nitrogens is 1. The second kappa shape index (κ2) is 7.62. The van der Waals surface area contributed by atoms with E-state index in [1.54, 1.807) is 13.8 Å². The zero-order chi connectivity index (χ0) is 23.3. The van der Waals surface area contributed by atoms with Gasteiger partial charge in [0.1, 0.15) is 11.2 Å². The molecule has 1 aliphatic carbocycles. The molecule has 1 saturated heterocycles. The number of aromatic amines is 1. The molecule has 0 unspecified atom stereocenters. The van der Waals surface area contributed by atoms with Gasteiger partial charge >= 0.3 is 6.03 Å². The minimum atomic E-state index is -1.12. The Bertz CT molecular complexity index is 1120. The number of aromatic nitrogens is 1. The summed E-state index contributed by atoms with van der Waals surface area (Å²) in [7, 11) is 0. The Balaban J connectivity index is 1.50. The van der Waals surface area contributed by atoms with Gasteiger partial charge in [-0.25, -0.2) is 4.79 Å². The predicted octanol–water partition coefficient (Wildman–Crippen LogP) is 3.07. The van der Waals surface area contributed by atoms with Crippen LogP contribution in [0.1, 0.15) is 71.3 Å². The molecular weight excluding hydrogens is 408 g/mol. The average molecular weight is 437 g/mol. The number of ketones is 1. The molecule has 0 saturated carbocycles. The van der Waals surface area contributed by atoms with Crippen LogP contribution in [-0.4, -0.2) is 39.2 Å². The number of nitrogens with one attached hydrogen (secondary N) is 3. The van der Waals surface area contributed by atoms with Crippen molar-refractivity contribution >= 4 is 23.6 Å². The topological polar surface area (TPSA) is 111 Å². The molecule has 0 radical (unpaired) electrons. The largest absolute Gasteiger partial charge is 0.353 e. The number of rotatable bonds is 5. The maximum atomic E-state index is 13.0. The molecule has 4 amide bonds. The molecule has 4 rings (SSSR count). The molecule has 1 atom stereocenters. The zero-order valence-electron chi connectivity index (χ0n) is 18.8. The quantitative estimate of drug-likeness (QED) is 0.626. The number of hydrogen-bond donors (Lipinski definition) is 3. The third-order valence-corrected chi connectivity index (χ3v) is 6.36. The molecule has 8 heteroatoms. The van der Waals surface area contributed by atoms with Crippen molar-refractivity contribution in [2.45, 2.75) is 58.9 Å². The van der Waals surface area contributed by atoms with E-state index in [1.807, 2.05) is 44.2 Å². The number of benzene rings is 1. The van der Waals surface area contributed by atoms with E-state index >= 15 is 0 Å². The lowest BCUT2D eigenvalue weighted by molar-refractivity contribution is -0.132. The van der Waals surface area contributed by atoms with Gasteiger partial charge in [-0.15, -0.1) is 0 Å². The van der Waals surface area contributed by atoms with E-state index in [4.69, 9.17) is 0 Å². The Morgan fingerprint density at radius 1 is 1.09 bits per heavy atom. The molecule has 3 N–H and O–H groups in total. The van der Waals surface area contributed by atoms with E-state index in [1.165, 1.54) is 0 Å². The van der Waals surface area contributed by atoms with Crippen LogP contribution < -0.4 is 10.7 Å². The first kappa shape index (κ1) is 21.8. The molecule has 2 heterocycles. The van der Waals surface area contributed by atoms with Gasteiger partial charge in [-0.05, 0) is 49.7 Å². The van der Waals surface area contributed by atoms with Crippen LogP contribution in [0.25, 0.3) is 0 Å². The summed E-state index contributed by atoms with van der Waals surface area (Å²) in [5.41, 5.74) is 4.16. The van der Waals surface area contributed by atoms with Gasteiger partial charge in [-0.2, -0.15) is 5.01 Å². The number of amides is 4. The summed E-state index contributed by atoms with van der Waals surface area (Å²) in [5.74, 6) is -1.15. The highest BCUT2D eigenvalue weighted by Gasteiger charge is 2.48. The highest BCUT2D eigenvalue weighted by Crippen LogP contribution is 2.36. The summed E-state index contributed by atoms with van der Waals surface area (Å²) in [6.45, 7) is 7.37. The van der Waals surface area contributed by atoms with Gasteiger partial charge in [0.25, 0.3) is 11.8 Å². The van der Waals surface area contributed by atoms with Crippen molar-refractivity contribution in [1.82, 2.24) is 20.7 Å². The Morgan fingerprint density at radius 2 is 1.78 bits per heavy atom. The van der Waals surface area contributed by atoms with Crippen molar-refractivity contribution in [1.29, 1.82) is 0 Å². The molecule has 1 aliphatic heterocycles. The third kappa shape index (κ3) is 3.81. The van der Waals surface area contributed by atoms with E-state index in [9.17, 15) is 19.2 Å². The summed E-state index contributed by atoms with van der Waals surface area (Å²) in [6.07, 6.45) is 2.05. The molecule has 1 aromatic heterocycles. The lowest BCUT2D eigenvalue weighted by Gasteiger charge is -2.28. The maximum Gasteiger partial charge on any atom is 0.344 e. The van der Waals surface area contributed by atoms with Gasteiger partial charge in [0.15, 0.2) is 5.78 Å². The van der Waals surface area contributed by atoms with Gasteiger partial charge in [-0.1, -0.05) is 44.2 Å². The van der Waals surface area contributed by atoms with E-state index in [0.717, 1.165) is 16.3 Å². The van der Waals surface area contributed by atoms with Crippen molar-refractivity contribution in [2.24, 2.45) is 5.41 Å². The third-order valence-electron chi connectivity index (χ3n) is 6.36. The Kier molecular flexibility index (Phi) is 5.19. The number of carbonyl (C=O) groups excluding carboxylic acids is 4. The van der Waals surface area contributed by atoms with Crippen LogP contribution in [0.15, 0.2) is 30.3 Å². The molecule has 0 spiro atoms. The first-order valence-corrected chi connectivity index (χ1v) is 10.8. The van der Waals surface area contributed by atoms with Crippen molar-refractivity contribution in [2.75, 3.05) is 0 Å². The van der Waals surface area contributed by atoms with E-state index in [2.05, 4.69) is 15.7 Å². The van der Waals surface area contributed by atoms with E-state index in [0.29, 0.717) is 36.8 Å².